The lowest BCUT2D eigenvalue weighted by Gasteiger charge is -2.04. The van der Waals surface area contributed by atoms with Gasteiger partial charge in [0.1, 0.15) is 0 Å². The molecule has 0 unspecified atom stereocenters. The third-order valence-corrected chi connectivity index (χ3v) is 3.20. The van der Waals surface area contributed by atoms with E-state index in [0.717, 1.165) is 0 Å². The van der Waals surface area contributed by atoms with E-state index in [2.05, 4.69) is 4.98 Å². The van der Waals surface area contributed by atoms with Gasteiger partial charge < -0.3 is 0 Å². The Morgan fingerprint density at radius 1 is 1.47 bits per heavy atom. The van der Waals surface area contributed by atoms with Crippen LogP contribution < -0.4 is 0 Å². The van der Waals surface area contributed by atoms with Gasteiger partial charge in [0.05, 0.1) is 9.95 Å². The van der Waals surface area contributed by atoms with Crippen molar-refractivity contribution < 1.29 is 22.1 Å². The second-order valence-corrected chi connectivity index (χ2v) is 5.56. The van der Waals surface area contributed by atoms with Crippen LogP contribution in [0, 0.1) is 10.1 Å². The predicted octanol–water partition coefficient (Wildman–Crippen LogP) is 2.51. The number of pyridine rings is 1. The van der Waals surface area contributed by atoms with Crippen molar-refractivity contribution in [2.75, 3.05) is 0 Å². The van der Waals surface area contributed by atoms with Crippen molar-refractivity contribution >= 4 is 37.0 Å². The minimum atomic E-state index is -4.46. The Hall–Kier alpha value is -1.06. The van der Waals surface area contributed by atoms with Gasteiger partial charge in [-0.3, -0.25) is 10.1 Å². The maximum Gasteiger partial charge on any atom is 0.298 e. The van der Waals surface area contributed by atoms with Crippen molar-refractivity contribution in [3.8, 4) is 0 Å². The first kappa shape index (κ1) is 14.0. The SMILES string of the molecule is O=[N+]([O-])c1cc(Cl)c(S(=O)(=O)Cl)nc1C(F)F. The Kier molecular flexibility index (Phi) is 3.84. The maximum absolute atomic E-state index is 12.4. The Labute approximate surface area is 103 Å². The van der Waals surface area contributed by atoms with E-state index < -0.39 is 41.8 Å². The standard InChI is InChI=1S/C6H2Cl2F2N2O4S/c7-2-1-3(12(13)14)4(5(9)10)11-6(2)17(8,15)16/h1,5H. The van der Waals surface area contributed by atoms with Crippen LogP contribution in [-0.4, -0.2) is 18.3 Å². The molecule has 0 saturated heterocycles. The van der Waals surface area contributed by atoms with Crippen LogP contribution in [0.25, 0.3) is 0 Å². The lowest BCUT2D eigenvalue weighted by atomic mass is 10.3. The number of hydrogen-bond acceptors (Lipinski definition) is 5. The van der Waals surface area contributed by atoms with Crippen LogP contribution in [0.5, 0.6) is 0 Å². The molecule has 0 saturated carbocycles. The fourth-order valence-corrected chi connectivity index (χ4v) is 2.37. The van der Waals surface area contributed by atoms with Gasteiger partial charge in [-0.25, -0.2) is 22.2 Å². The van der Waals surface area contributed by atoms with Crippen molar-refractivity contribution in [2.24, 2.45) is 0 Å². The molecule has 0 atom stereocenters. The number of nitro groups is 1. The van der Waals surface area contributed by atoms with E-state index in [4.69, 9.17) is 22.3 Å². The minimum Gasteiger partial charge on any atom is -0.258 e. The number of rotatable bonds is 3. The highest BCUT2D eigenvalue weighted by Crippen LogP contribution is 2.33. The summed E-state index contributed by atoms with van der Waals surface area (Å²) >= 11 is 5.36. The monoisotopic (exact) mass is 306 g/mol. The van der Waals surface area contributed by atoms with Gasteiger partial charge in [0.25, 0.3) is 21.2 Å². The summed E-state index contributed by atoms with van der Waals surface area (Å²) in [5, 5.41) is 8.69. The third kappa shape index (κ3) is 2.99. The molecular formula is C6H2Cl2F2N2O4S. The highest BCUT2D eigenvalue weighted by Gasteiger charge is 2.29. The van der Waals surface area contributed by atoms with Crippen molar-refractivity contribution in [3.05, 3.63) is 26.9 Å². The summed E-state index contributed by atoms with van der Waals surface area (Å²) in [4.78, 5) is 12.2. The van der Waals surface area contributed by atoms with E-state index in [1.807, 2.05) is 0 Å². The van der Waals surface area contributed by atoms with Crippen molar-refractivity contribution in [1.82, 2.24) is 4.98 Å². The molecule has 1 heterocycles. The molecule has 0 bridgehead atoms. The van der Waals surface area contributed by atoms with Gasteiger partial charge in [-0.05, 0) is 0 Å². The second-order valence-electron chi connectivity index (χ2n) is 2.68. The smallest absolute Gasteiger partial charge is 0.258 e. The summed E-state index contributed by atoms with van der Waals surface area (Å²) in [6.45, 7) is 0. The van der Waals surface area contributed by atoms with Crippen LogP contribution >= 0.6 is 22.3 Å². The number of alkyl halides is 2. The van der Waals surface area contributed by atoms with Crippen LogP contribution in [0.15, 0.2) is 11.1 Å². The zero-order valence-corrected chi connectivity index (χ0v) is 9.93. The quantitative estimate of drug-likeness (QED) is 0.486. The molecule has 0 aliphatic rings. The van der Waals surface area contributed by atoms with Crippen LogP contribution in [0.4, 0.5) is 14.5 Å². The van der Waals surface area contributed by atoms with Gasteiger partial charge in [0.2, 0.25) is 0 Å². The van der Waals surface area contributed by atoms with Gasteiger partial charge in [0, 0.05) is 16.7 Å². The predicted molar refractivity (Wildman–Crippen MR) is 53.9 cm³/mol. The summed E-state index contributed by atoms with van der Waals surface area (Å²) < 4.78 is 46.7. The van der Waals surface area contributed by atoms with E-state index >= 15 is 0 Å². The van der Waals surface area contributed by atoms with E-state index in [1.54, 1.807) is 0 Å². The number of nitrogens with zero attached hydrogens (tertiary/aromatic N) is 2. The van der Waals surface area contributed by atoms with Crippen molar-refractivity contribution in [1.29, 1.82) is 0 Å². The Bertz CT molecular complexity index is 578. The highest BCUT2D eigenvalue weighted by molar-refractivity contribution is 8.13. The van der Waals surface area contributed by atoms with Gasteiger partial charge in [0.15, 0.2) is 10.7 Å². The topological polar surface area (TPSA) is 90.2 Å². The van der Waals surface area contributed by atoms with E-state index in [0.29, 0.717) is 6.07 Å². The van der Waals surface area contributed by atoms with E-state index in [-0.39, 0.29) is 0 Å². The molecule has 0 aromatic carbocycles. The van der Waals surface area contributed by atoms with Gasteiger partial charge in [-0.2, -0.15) is 0 Å². The molecule has 1 rings (SSSR count). The molecule has 11 heteroatoms. The van der Waals surface area contributed by atoms with E-state index in [9.17, 15) is 27.3 Å². The fraction of sp³-hybridized carbons (Fsp3) is 0.167. The average Bonchev–Trinajstić information content (AvgIpc) is 2.14. The van der Waals surface area contributed by atoms with Crippen LogP contribution in [0.3, 0.4) is 0 Å². The molecule has 1 aromatic rings. The zero-order valence-electron chi connectivity index (χ0n) is 7.60. The van der Waals surface area contributed by atoms with Crippen LogP contribution in [0.2, 0.25) is 5.02 Å². The summed E-state index contributed by atoms with van der Waals surface area (Å²) in [5.74, 6) is 0. The van der Waals surface area contributed by atoms with Crippen molar-refractivity contribution in [2.45, 2.75) is 11.5 Å². The van der Waals surface area contributed by atoms with Gasteiger partial charge >= 0.3 is 0 Å². The molecule has 17 heavy (non-hydrogen) atoms. The molecule has 0 amide bonds. The normalized spacial score (nSPS) is 11.8. The first-order chi connectivity index (χ1) is 7.64. The molecule has 0 radical (unpaired) electrons. The first-order valence-electron chi connectivity index (χ1n) is 3.72. The average molecular weight is 307 g/mol. The summed E-state index contributed by atoms with van der Waals surface area (Å²) in [7, 11) is 0.424. The number of halogens is 4. The summed E-state index contributed by atoms with van der Waals surface area (Å²) in [5.41, 5.74) is -2.38. The molecule has 0 aliphatic carbocycles. The number of aromatic nitrogens is 1. The Morgan fingerprint density at radius 3 is 2.35 bits per heavy atom. The molecule has 0 aliphatic heterocycles. The van der Waals surface area contributed by atoms with Crippen molar-refractivity contribution in [3.63, 3.8) is 0 Å². The van der Waals surface area contributed by atoms with Crippen LogP contribution in [-0.2, 0) is 9.05 Å². The van der Waals surface area contributed by atoms with Gasteiger partial charge in [-0.1, -0.05) is 11.6 Å². The van der Waals surface area contributed by atoms with Crippen LogP contribution in [0.1, 0.15) is 12.1 Å². The van der Waals surface area contributed by atoms with E-state index in [1.165, 1.54) is 0 Å². The zero-order chi connectivity index (χ0) is 13.4. The number of hydrogen-bond donors (Lipinski definition) is 0. The minimum absolute atomic E-state index is 0.464. The highest BCUT2D eigenvalue weighted by atomic mass is 35.7. The largest absolute Gasteiger partial charge is 0.298 e. The molecule has 1 aromatic heterocycles. The Morgan fingerprint density at radius 2 is 2.00 bits per heavy atom. The molecule has 0 fully saturated rings. The Balaban J connectivity index is 3.63. The summed E-state index contributed by atoms with van der Waals surface area (Å²) in [6, 6.07) is 0.464. The second kappa shape index (κ2) is 4.67. The van der Waals surface area contributed by atoms with Gasteiger partial charge in [-0.15, -0.1) is 0 Å². The third-order valence-electron chi connectivity index (χ3n) is 1.59. The lowest BCUT2D eigenvalue weighted by molar-refractivity contribution is -0.386. The fourth-order valence-electron chi connectivity index (χ4n) is 0.954. The lowest BCUT2D eigenvalue weighted by Crippen LogP contribution is -2.05. The molecular weight excluding hydrogens is 305 g/mol. The molecule has 94 valence electrons. The molecule has 6 nitrogen and oxygen atoms in total. The molecule has 0 N–H and O–H groups in total. The molecule has 0 spiro atoms. The maximum atomic E-state index is 12.4. The first-order valence-corrected chi connectivity index (χ1v) is 6.41. The summed E-state index contributed by atoms with van der Waals surface area (Å²) in [6.07, 6.45) is -3.33.